The number of rotatable bonds is 3. The zero-order chi connectivity index (χ0) is 13.2. The number of anilines is 1. The summed E-state index contributed by atoms with van der Waals surface area (Å²) < 4.78 is 5.33. The van der Waals surface area contributed by atoms with E-state index in [0.717, 1.165) is 26.1 Å². The van der Waals surface area contributed by atoms with Gasteiger partial charge in [-0.05, 0) is 38.8 Å². The second-order valence-corrected chi connectivity index (χ2v) is 4.99. The first-order valence-corrected chi connectivity index (χ1v) is 6.06. The monoisotopic (exact) mass is 250 g/mol. The highest BCUT2D eigenvalue weighted by Crippen LogP contribution is 2.25. The van der Waals surface area contributed by atoms with Crippen LogP contribution < -0.4 is 5.32 Å². The fourth-order valence-corrected chi connectivity index (χ4v) is 2.11. The summed E-state index contributed by atoms with van der Waals surface area (Å²) in [6, 6.07) is 3.15. The average Bonchev–Trinajstić information content (AvgIpc) is 2.28. The van der Waals surface area contributed by atoms with E-state index in [1.165, 1.54) is 0 Å². The van der Waals surface area contributed by atoms with E-state index in [9.17, 15) is 4.79 Å². The van der Waals surface area contributed by atoms with Crippen molar-refractivity contribution in [2.24, 2.45) is 0 Å². The predicted molar refractivity (Wildman–Crippen MR) is 68.0 cm³/mol. The normalized spacial score (nSPS) is 18.3. The van der Waals surface area contributed by atoms with Gasteiger partial charge in [0.2, 0.25) is 0 Å². The Hall–Kier alpha value is -1.62. The first kappa shape index (κ1) is 12.8. The predicted octanol–water partition coefficient (Wildman–Crippen LogP) is 2.07. The summed E-state index contributed by atoms with van der Waals surface area (Å²) in [5.74, 6) is -0.308. The molecule has 1 saturated heterocycles. The smallest absolute Gasteiger partial charge is 0.335 e. The minimum absolute atomic E-state index is 0.0746. The molecule has 2 N–H and O–H groups in total. The summed E-state index contributed by atoms with van der Waals surface area (Å²) in [4.78, 5) is 15.3. The Labute approximate surface area is 106 Å². The third kappa shape index (κ3) is 2.98. The zero-order valence-corrected chi connectivity index (χ0v) is 10.7. The molecule has 0 atom stereocenters. The maximum atomic E-state index is 11.0. The molecule has 0 radical (unpaired) electrons. The van der Waals surface area contributed by atoms with Crippen molar-refractivity contribution in [1.82, 2.24) is 4.98 Å². The number of ether oxygens (including phenoxy) is 1. The van der Waals surface area contributed by atoms with Gasteiger partial charge in [-0.2, -0.15) is 0 Å². The summed E-state index contributed by atoms with van der Waals surface area (Å²) in [5.41, 5.74) is 0.892. The van der Waals surface area contributed by atoms with Crippen molar-refractivity contribution in [2.45, 2.75) is 32.2 Å². The molecular formula is C13H18N2O3. The Bertz CT molecular complexity index is 454. The van der Waals surface area contributed by atoms with Crippen molar-refractivity contribution >= 4 is 11.8 Å². The van der Waals surface area contributed by atoms with Gasteiger partial charge in [-0.3, -0.25) is 0 Å². The summed E-state index contributed by atoms with van der Waals surface area (Å²) in [6.07, 6.45) is 1.79. The van der Waals surface area contributed by atoms with E-state index in [1.54, 1.807) is 19.1 Å². The molecule has 1 aromatic rings. The summed E-state index contributed by atoms with van der Waals surface area (Å²) in [5, 5.41) is 12.4. The highest BCUT2D eigenvalue weighted by molar-refractivity contribution is 5.88. The molecule has 0 saturated carbocycles. The maximum absolute atomic E-state index is 11.0. The van der Waals surface area contributed by atoms with Gasteiger partial charge in [0.15, 0.2) is 0 Å². The molecule has 0 amide bonds. The van der Waals surface area contributed by atoms with Crippen molar-refractivity contribution in [3.63, 3.8) is 0 Å². The number of pyridine rings is 1. The van der Waals surface area contributed by atoms with Crippen LogP contribution in [-0.4, -0.2) is 34.8 Å². The molecule has 0 spiro atoms. The van der Waals surface area contributed by atoms with Crippen molar-refractivity contribution < 1.29 is 14.6 Å². The van der Waals surface area contributed by atoms with Crippen LogP contribution in [0.4, 0.5) is 5.82 Å². The molecule has 0 aromatic carbocycles. The van der Waals surface area contributed by atoms with Gasteiger partial charge in [0, 0.05) is 24.4 Å². The minimum Gasteiger partial charge on any atom is -0.478 e. The number of aryl methyl sites for hydroxylation is 1. The van der Waals surface area contributed by atoms with Crippen LogP contribution in [0.2, 0.25) is 0 Å². The lowest BCUT2D eigenvalue weighted by atomic mass is 9.92. The van der Waals surface area contributed by atoms with Crippen molar-refractivity contribution in [3.05, 3.63) is 23.4 Å². The zero-order valence-electron chi connectivity index (χ0n) is 10.7. The van der Waals surface area contributed by atoms with Crippen molar-refractivity contribution in [2.75, 3.05) is 18.5 Å². The Morgan fingerprint density at radius 1 is 1.44 bits per heavy atom. The van der Waals surface area contributed by atoms with Crippen molar-refractivity contribution in [3.8, 4) is 0 Å². The van der Waals surface area contributed by atoms with Crippen LogP contribution in [0.25, 0.3) is 0 Å². The van der Waals surface area contributed by atoms with Crippen LogP contribution in [0.1, 0.15) is 35.8 Å². The topological polar surface area (TPSA) is 71.5 Å². The van der Waals surface area contributed by atoms with Gasteiger partial charge in [0.25, 0.3) is 0 Å². The number of nitrogens with one attached hydrogen (secondary N) is 1. The molecule has 0 unspecified atom stereocenters. The van der Waals surface area contributed by atoms with E-state index < -0.39 is 5.97 Å². The van der Waals surface area contributed by atoms with E-state index in [-0.39, 0.29) is 11.1 Å². The van der Waals surface area contributed by atoms with Gasteiger partial charge in [-0.25, -0.2) is 9.78 Å². The lowest BCUT2D eigenvalue weighted by molar-refractivity contribution is 0.0655. The van der Waals surface area contributed by atoms with Crippen LogP contribution in [0.15, 0.2) is 12.1 Å². The molecule has 1 aliphatic rings. The molecule has 0 aliphatic carbocycles. The molecule has 2 heterocycles. The van der Waals surface area contributed by atoms with Gasteiger partial charge in [0.1, 0.15) is 5.82 Å². The van der Waals surface area contributed by atoms with E-state index in [1.807, 2.05) is 0 Å². The Morgan fingerprint density at radius 3 is 2.72 bits per heavy atom. The van der Waals surface area contributed by atoms with Gasteiger partial charge in [0.05, 0.1) is 5.56 Å². The van der Waals surface area contributed by atoms with Crippen LogP contribution in [-0.2, 0) is 4.74 Å². The maximum Gasteiger partial charge on any atom is 0.335 e. The number of hydrogen-bond donors (Lipinski definition) is 2. The number of carbonyl (C=O) groups is 1. The molecule has 1 aliphatic heterocycles. The van der Waals surface area contributed by atoms with E-state index >= 15 is 0 Å². The molecule has 0 bridgehead atoms. The number of aromatic nitrogens is 1. The molecule has 18 heavy (non-hydrogen) atoms. The standard InChI is InChI=1S/C13H18N2O3/c1-9-7-10(12(16)17)8-11(14-9)15-13(2)3-5-18-6-4-13/h7-8H,3-6H2,1-2H3,(H,14,15)(H,16,17). The largest absolute Gasteiger partial charge is 0.478 e. The molecule has 5 nitrogen and oxygen atoms in total. The summed E-state index contributed by atoms with van der Waals surface area (Å²) in [6.45, 7) is 5.35. The quantitative estimate of drug-likeness (QED) is 0.859. The lowest BCUT2D eigenvalue weighted by Crippen LogP contribution is -2.41. The number of hydrogen-bond acceptors (Lipinski definition) is 4. The third-order valence-electron chi connectivity index (χ3n) is 3.23. The molecule has 1 aromatic heterocycles. The Balaban J connectivity index is 2.20. The van der Waals surface area contributed by atoms with Crippen LogP contribution in [0.5, 0.6) is 0 Å². The Kier molecular flexibility index (Phi) is 3.52. The number of nitrogens with zero attached hydrogens (tertiary/aromatic N) is 1. The highest BCUT2D eigenvalue weighted by Gasteiger charge is 2.27. The van der Waals surface area contributed by atoms with E-state index in [4.69, 9.17) is 9.84 Å². The van der Waals surface area contributed by atoms with Crippen LogP contribution >= 0.6 is 0 Å². The average molecular weight is 250 g/mol. The van der Waals surface area contributed by atoms with Crippen LogP contribution in [0, 0.1) is 6.92 Å². The van der Waals surface area contributed by atoms with E-state index in [2.05, 4.69) is 17.2 Å². The molecule has 98 valence electrons. The van der Waals surface area contributed by atoms with E-state index in [0.29, 0.717) is 11.5 Å². The summed E-state index contributed by atoms with van der Waals surface area (Å²) in [7, 11) is 0. The number of carboxylic acid groups (broad SMARTS) is 1. The first-order valence-electron chi connectivity index (χ1n) is 6.06. The second kappa shape index (κ2) is 4.94. The molecule has 1 fully saturated rings. The van der Waals surface area contributed by atoms with Gasteiger partial charge >= 0.3 is 5.97 Å². The van der Waals surface area contributed by atoms with Gasteiger partial charge < -0.3 is 15.2 Å². The molecule has 2 rings (SSSR count). The minimum atomic E-state index is -0.930. The fraction of sp³-hybridized carbons (Fsp3) is 0.538. The molecule has 5 heteroatoms. The molecular weight excluding hydrogens is 232 g/mol. The first-order chi connectivity index (χ1) is 8.48. The highest BCUT2D eigenvalue weighted by atomic mass is 16.5. The Morgan fingerprint density at radius 2 is 2.11 bits per heavy atom. The second-order valence-electron chi connectivity index (χ2n) is 4.99. The van der Waals surface area contributed by atoms with Gasteiger partial charge in [-0.1, -0.05) is 0 Å². The number of aromatic carboxylic acids is 1. The third-order valence-corrected chi connectivity index (χ3v) is 3.23. The summed E-state index contributed by atoms with van der Waals surface area (Å²) >= 11 is 0. The van der Waals surface area contributed by atoms with Crippen molar-refractivity contribution in [1.29, 1.82) is 0 Å². The van der Waals surface area contributed by atoms with Gasteiger partial charge in [-0.15, -0.1) is 0 Å². The lowest BCUT2D eigenvalue weighted by Gasteiger charge is -2.35. The SMILES string of the molecule is Cc1cc(C(=O)O)cc(NC2(C)CCOCC2)n1. The number of carboxylic acids is 1. The van der Waals surface area contributed by atoms with Crippen LogP contribution in [0.3, 0.4) is 0 Å². The fourth-order valence-electron chi connectivity index (χ4n) is 2.11.